The molecule has 0 aromatic heterocycles. The van der Waals surface area contributed by atoms with Gasteiger partial charge in [-0.15, -0.1) is 0 Å². The van der Waals surface area contributed by atoms with E-state index in [4.69, 9.17) is 0 Å². The van der Waals surface area contributed by atoms with Crippen LogP contribution in [0.4, 0.5) is 24.5 Å². The highest BCUT2D eigenvalue weighted by Crippen LogP contribution is 2.32. The number of carbonyl (C=O) groups is 1. The highest BCUT2D eigenvalue weighted by atomic mass is 127. The van der Waals surface area contributed by atoms with Gasteiger partial charge in [0.15, 0.2) is 11.6 Å². The maximum atomic E-state index is 14.6. The molecule has 1 saturated carbocycles. The molecule has 10 heteroatoms. The van der Waals surface area contributed by atoms with Crippen LogP contribution in [0, 0.1) is 21.0 Å². The standard InChI is InChI=1S/C23H25F3IN3O3/c24-15-7-6-14(21(20(15)26)29-17-8-5-13(27)9-16(17)25)22(32)30-11-23(33,12-30)10-28-18-3-1-2-4-19(18)31/h5-9,18-19,28-29,31,33H,1-4,10-12H2/t18-,19?/m1/s1. The Morgan fingerprint density at radius 1 is 1.12 bits per heavy atom. The summed E-state index contributed by atoms with van der Waals surface area (Å²) in [5.41, 5.74) is -1.89. The van der Waals surface area contributed by atoms with Crippen LogP contribution in [0.1, 0.15) is 36.0 Å². The van der Waals surface area contributed by atoms with E-state index in [0.29, 0.717) is 9.99 Å². The van der Waals surface area contributed by atoms with Crippen molar-refractivity contribution >= 4 is 39.9 Å². The highest BCUT2D eigenvalue weighted by molar-refractivity contribution is 14.1. The molecule has 4 rings (SSSR count). The predicted octanol–water partition coefficient (Wildman–Crippen LogP) is 3.53. The average Bonchev–Trinajstić information content (AvgIpc) is 2.76. The SMILES string of the molecule is O=C(c1ccc(F)c(F)c1Nc1ccc(I)cc1F)N1CC(O)(CN[C@@H]2CCCCC2O)C1. The number of anilines is 2. The average molecular weight is 575 g/mol. The molecule has 1 unspecified atom stereocenters. The van der Waals surface area contributed by atoms with Crippen molar-refractivity contribution in [2.45, 2.75) is 43.4 Å². The third kappa shape index (κ3) is 5.28. The number of amides is 1. The summed E-state index contributed by atoms with van der Waals surface area (Å²) in [7, 11) is 0. The smallest absolute Gasteiger partial charge is 0.256 e. The fourth-order valence-corrected chi connectivity index (χ4v) is 4.79. The molecular formula is C23H25F3IN3O3. The number of halogens is 4. The van der Waals surface area contributed by atoms with E-state index in [1.54, 1.807) is 6.07 Å². The number of carbonyl (C=O) groups excluding carboxylic acids is 1. The Kier molecular flexibility index (Phi) is 7.18. The van der Waals surface area contributed by atoms with Gasteiger partial charge in [0.1, 0.15) is 11.4 Å². The Labute approximate surface area is 203 Å². The van der Waals surface area contributed by atoms with E-state index >= 15 is 0 Å². The number of hydrogen-bond donors (Lipinski definition) is 4. The topological polar surface area (TPSA) is 84.8 Å². The molecule has 1 amide bonds. The number of rotatable bonds is 6. The van der Waals surface area contributed by atoms with E-state index in [9.17, 15) is 28.2 Å². The first-order chi connectivity index (χ1) is 15.7. The van der Waals surface area contributed by atoms with Crippen LogP contribution >= 0.6 is 22.6 Å². The zero-order chi connectivity index (χ0) is 23.8. The van der Waals surface area contributed by atoms with E-state index in [0.717, 1.165) is 31.4 Å². The van der Waals surface area contributed by atoms with E-state index in [1.165, 1.54) is 17.0 Å². The first-order valence-electron chi connectivity index (χ1n) is 10.8. The van der Waals surface area contributed by atoms with Gasteiger partial charge in [-0.05, 0) is 65.8 Å². The van der Waals surface area contributed by atoms with E-state index in [-0.39, 0.29) is 36.9 Å². The lowest BCUT2D eigenvalue weighted by Crippen LogP contribution is -2.68. The quantitative estimate of drug-likeness (QED) is 0.397. The third-order valence-electron chi connectivity index (χ3n) is 6.20. The van der Waals surface area contributed by atoms with Crippen LogP contribution in [0.2, 0.25) is 0 Å². The van der Waals surface area contributed by atoms with Crippen molar-refractivity contribution in [3.63, 3.8) is 0 Å². The number of β-amino-alcohol motifs (C(OH)–C–C–N with tert-alkyl or cyclic N) is 1. The van der Waals surface area contributed by atoms with Crippen LogP contribution in [0.5, 0.6) is 0 Å². The molecule has 1 aliphatic carbocycles. The molecule has 2 aromatic rings. The van der Waals surface area contributed by atoms with Crippen molar-refractivity contribution in [3.05, 3.63) is 56.9 Å². The number of aliphatic hydroxyl groups excluding tert-OH is 1. The monoisotopic (exact) mass is 575 g/mol. The van der Waals surface area contributed by atoms with Crippen molar-refractivity contribution in [1.29, 1.82) is 0 Å². The van der Waals surface area contributed by atoms with Gasteiger partial charge in [-0.25, -0.2) is 13.2 Å². The van der Waals surface area contributed by atoms with E-state index in [2.05, 4.69) is 10.6 Å². The molecule has 6 nitrogen and oxygen atoms in total. The first-order valence-corrected chi connectivity index (χ1v) is 11.9. The Morgan fingerprint density at radius 3 is 2.55 bits per heavy atom. The van der Waals surface area contributed by atoms with Crippen molar-refractivity contribution in [2.75, 3.05) is 25.0 Å². The number of likely N-dealkylation sites (tertiary alicyclic amines) is 1. The molecule has 0 radical (unpaired) electrons. The molecule has 1 aliphatic heterocycles. The van der Waals surface area contributed by atoms with Gasteiger partial charge in [0, 0.05) is 16.2 Å². The second-order valence-electron chi connectivity index (χ2n) is 8.76. The minimum atomic E-state index is -1.29. The molecule has 2 aromatic carbocycles. The summed E-state index contributed by atoms with van der Waals surface area (Å²) >= 11 is 1.92. The van der Waals surface area contributed by atoms with Gasteiger partial charge in [-0.3, -0.25) is 4.79 Å². The highest BCUT2D eigenvalue weighted by Gasteiger charge is 2.45. The first kappa shape index (κ1) is 24.2. The lowest BCUT2D eigenvalue weighted by atomic mass is 9.89. The predicted molar refractivity (Wildman–Crippen MR) is 126 cm³/mol. The summed E-state index contributed by atoms with van der Waals surface area (Å²) in [4.78, 5) is 14.3. The Hall–Kier alpha value is -1.89. The summed E-state index contributed by atoms with van der Waals surface area (Å²) < 4.78 is 43.4. The lowest BCUT2D eigenvalue weighted by Gasteiger charge is -2.47. The molecule has 1 saturated heterocycles. The van der Waals surface area contributed by atoms with Crippen LogP contribution in [0.25, 0.3) is 0 Å². The van der Waals surface area contributed by atoms with Crippen molar-refractivity contribution < 1.29 is 28.2 Å². The van der Waals surface area contributed by atoms with E-state index in [1.807, 2.05) is 22.6 Å². The van der Waals surface area contributed by atoms with Crippen molar-refractivity contribution in [1.82, 2.24) is 10.2 Å². The number of nitrogens with one attached hydrogen (secondary N) is 2. The Bertz CT molecular complexity index is 1050. The summed E-state index contributed by atoms with van der Waals surface area (Å²) in [6.45, 7) is 0.200. The molecule has 0 bridgehead atoms. The molecular weight excluding hydrogens is 550 g/mol. The summed E-state index contributed by atoms with van der Waals surface area (Å²) in [6, 6.07) is 6.09. The number of aliphatic hydroxyl groups is 2. The van der Waals surface area contributed by atoms with Gasteiger partial charge in [0.25, 0.3) is 5.91 Å². The van der Waals surface area contributed by atoms with Crippen LogP contribution < -0.4 is 10.6 Å². The molecule has 4 N–H and O–H groups in total. The molecule has 33 heavy (non-hydrogen) atoms. The largest absolute Gasteiger partial charge is 0.392 e. The molecule has 178 valence electrons. The summed E-state index contributed by atoms with van der Waals surface area (Å²) in [5, 5.41) is 26.5. The molecule has 0 spiro atoms. The fourth-order valence-electron chi connectivity index (χ4n) is 4.34. The van der Waals surface area contributed by atoms with Crippen molar-refractivity contribution in [3.8, 4) is 0 Å². The van der Waals surface area contributed by atoms with Gasteiger partial charge in [-0.1, -0.05) is 12.8 Å². The van der Waals surface area contributed by atoms with Gasteiger partial charge < -0.3 is 25.7 Å². The maximum Gasteiger partial charge on any atom is 0.256 e. The Balaban J connectivity index is 1.46. The van der Waals surface area contributed by atoms with Gasteiger partial charge >= 0.3 is 0 Å². The van der Waals surface area contributed by atoms with Crippen LogP contribution in [0.3, 0.4) is 0 Å². The molecule has 2 fully saturated rings. The molecule has 2 atom stereocenters. The molecule has 1 heterocycles. The van der Waals surface area contributed by atoms with Crippen molar-refractivity contribution in [2.24, 2.45) is 0 Å². The molecule has 2 aliphatic rings. The van der Waals surface area contributed by atoms with Crippen LogP contribution in [-0.4, -0.2) is 58.4 Å². The zero-order valence-corrected chi connectivity index (χ0v) is 19.9. The van der Waals surface area contributed by atoms with Gasteiger partial charge in [-0.2, -0.15) is 0 Å². The minimum absolute atomic E-state index is 0.00201. The van der Waals surface area contributed by atoms with Gasteiger partial charge in [0.2, 0.25) is 0 Å². The number of benzene rings is 2. The normalized spacial score (nSPS) is 22.1. The Morgan fingerprint density at radius 2 is 1.85 bits per heavy atom. The van der Waals surface area contributed by atoms with Gasteiger partial charge in [0.05, 0.1) is 36.1 Å². The van der Waals surface area contributed by atoms with Crippen LogP contribution in [-0.2, 0) is 0 Å². The second kappa shape index (κ2) is 9.77. The zero-order valence-electron chi connectivity index (χ0n) is 17.8. The maximum absolute atomic E-state index is 14.6. The summed E-state index contributed by atoms with van der Waals surface area (Å²) in [5.74, 6) is -3.74. The van der Waals surface area contributed by atoms with E-state index < -0.39 is 40.8 Å². The fraction of sp³-hybridized carbons (Fsp3) is 0.435. The lowest BCUT2D eigenvalue weighted by molar-refractivity contribution is -0.0824. The number of nitrogens with zero attached hydrogens (tertiary/aromatic N) is 1. The third-order valence-corrected chi connectivity index (χ3v) is 6.87. The second-order valence-corrected chi connectivity index (χ2v) is 10.0. The summed E-state index contributed by atoms with van der Waals surface area (Å²) in [6.07, 6.45) is 3.05. The minimum Gasteiger partial charge on any atom is -0.392 e. The number of hydrogen-bond acceptors (Lipinski definition) is 5. The van der Waals surface area contributed by atoms with Crippen LogP contribution in [0.15, 0.2) is 30.3 Å².